The number of esters is 1. The Morgan fingerprint density at radius 3 is 2.54 bits per heavy atom. The highest BCUT2D eigenvalue weighted by Crippen LogP contribution is 2.33. The molecular formula is C19H19Cl2NO3S. The van der Waals surface area contributed by atoms with Gasteiger partial charge < -0.3 is 10.1 Å². The maximum Gasteiger partial charge on any atom is 0.341 e. The number of thiophene rings is 1. The summed E-state index contributed by atoms with van der Waals surface area (Å²) >= 11 is 13.3. The van der Waals surface area contributed by atoms with E-state index in [4.69, 9.17) is 27.9 Å². The van der Waals surface area contributed by atoms with Crippen molar-refractivity contribution >= 4 is 57.5 Å². The van der Waals surface area contributed by atoms with Gasteiger partial charge in [-0.25, -0.2) is 4.79 Å². The molecular weight excluding hydrogens is 393 g/mol. The van der Waals surface area contributed by atoms with Crippen LogP contribution in [0.15, 0.2) is 24.3 Å². The Bertz CT molecular complexity index is 872. The van der Waals surface area contributed by atoms with Gasteiger partial charge >= 0.3 is 5.97 Å². The van der Waals surface area contributed by atoms with Crippen molar-refractivity contribution in [3.63, 3.8) is 0 Å². The Morgan fingerprint density at radius 1 is 1.23 bits per heavy atom. The molecule has 0 aliphatic rings. The number of aryl methyl sites for hydroxylation is 1. The molecule has 7 heteroatoms. The van der Waals surface area contributed by atoms with E-state index in [-0.39, 0.29) is 12.0 Å². The first-order valence-electron chi connectivity index (χ1n) is 7.94. The van der Waals surface area contributed by atoms with Crippen LogP contribution in [0.4, 0.5) is 5.00 Å². The number of ether oxygens (including phenoxy) is 1. The van der Waals surface area contributed by atoms with Gasteiger partial charge in [-0.1, -0.05) is 29.3 Å². The van der Waals surface area contributed by atoms with Gasteiger partial charge in [-0.05, 0) is 57.0 Å². The highest BCUT2D eigenvalue weighted by molar-refractivity contribution is 7.16. The van der Waals surface area contributed by atoms with Crippen molar-refractivity contribution in [2.75, 3.05) is 5.32 Å². The molecule has 0 fully saturated rings. The number of anilines is 1. The highest BCUT2D eigenvalue weighted by atomic mass is 35.5. The summed E-state index contributed by atoms with van der Waals surface area (Å²) in [5.41, 5.74) is 1.87. The minimum atomic E-state index is -0.443. The van der Waals surface area contributed by atoms with E-state index in [0.717, 1.165) is 10.4 Å². The van der Waals surface area contributed by atoms with Crippen LogP contribution in [0.1, 0.15) is 40.2 Å². The standard InChI is InChI=1S/C19H19Cl2NO3S/c1-10(2)25-19(24)17-11(3)12(4)26-18(17)22-16(23)8-6-13-5-7-14(20)9-15(13)21/h5-10H,1-4H3,(H,22,23)/b8-6+. The number of rotatable bonds is 5. The third-order valence-electron chi connectivity index (χ3n) is 3.55. The summed E-state index contributed by atoms with van der Waals surface area (Å²) in [5.74, 6) is -0.808. The smallest absolute Gasteiger partial charge is 0.341 e. The molecule has 0 spiro atoms. The molecule has 1 amide bonds. The third-order valence-corrected chi connectivity index (χ3v) is 5.23. The van der Waals surface area contributed by atoms with Crippen molar-refractivity contribution in [3.05, 3.63) is 55.9 Å². The van der Waals surface area contributed by atoms with Crippen molar-refractivity contribution in [2.24, 2.45) is 0 Å². The monoisotopic (exact) mass is 411 g/mol. The van der Waals surface area contributed by atoms with Gasteiger partial charge in [0.2, 0.25) is 5.91 Å². The average molecular weight is 412 g/mol. The first-order chi connectivity index (χ1) is 12.2. The predicted molar refractivity (Wildman–Crippen MR) is 108 cm³/mol. The molecule has 1 N–H and O–H groups in total. The molecule has 2 rings (SSSR count). The average Bonchev–Trinajstić information content (AvgIpc) is 2.80. The largest absolute Gasteiger partial charge is 0.459 e. The molecule has 0 unspecified atom stereocenters. The van der Waals surface area contributed by atoms with Crippen LogP contribution in [-0.4, -0.2) is 18.0 Å². The van der Waals surface area contributed by atoms with Crippen LogP contribution in [0, 0.1) is 13.8 Å². The van der Waals surface area contributed by atoms with Gasteiger partial charge in [0.05, 0.1) is 11.7 Å². The summed E-state index contributed by atoms with van der Waals surface area (Å²) in [5, 5.41) is 4.20. The molecule has 0 aliphatic heterocycles. The molecule has 1 heterocycles. The topological polar surface area (TPSA) is 55.4 Å². The van der Waals surface area contributed by atoms with Gasteiger partial charge in [0, 0.05) is 21.0 Å². The Kier molecular flexibility index (Phi) is 6.87. The van der Waals surface area contributed by atoms with E-state index in [1.54, 1.807) is 38.1 Å². The normalized spacial score (nSPS) is 11.2. The molecule has 0 saturated carbocycles. The maximum absolute atomic E-state index is 12.3. The summed E-state index contributed by atoms with van der Waals surface area (Å²) in [6, 6.07) is 5.02. The molecule has 138 valence electrons. The zero-order chi connectivity index (χ0) is 19.4. The first-order valence-corrected chi connectivity index (χ1v) is 9.51. The summed E-state index contributed by atoms with van der Waals surface area (Å²) in [7, 11) is 0. The lowest BCUT2D eigenvalue weighted by Gasteiger charge is -2.09. The van der Waals surface area contributed by atoms with Crippen LogP contribution >= 0.6 is 34.5 Å². The predicted octanol–water partition coefficient (Wildman–Crippen LogP) is 5.89. The fraction of sp³-hybridized carbons (Fsp3) is 0.263. The van der Waals surface area contributed by atoms with E-state index < -0.39 is 5.97 Å². The van der Waals surface area contributed by atoms with Crippen molar-refractivity contribution in [1.82, 2.24) is 0 Å². The van der Waals surface area contributed by atoms with E-state index in [1.165, 1.54) is 17.4 Å². The molecule has 2 aromatic rings. The van der Waals surface area contributed by atoms with Gasteiger partial charge in [-0.3, -0.25) is 4.79 Å². The fourth-order valence-corrected chi connectivity index (χ4v) is 3.71. The van der Waals surface area contributed by atoms with E-state index in [9.17, 15) is 9.59 Å². The third kappa shape index (κ3) is 5.10. The van der Waals surface area contributed by atoms with E-state index in [2.05, 4.69) is 5.32 Å². The quantitative estimate of drug-likeness (QED) is 0.492. The zero-order valence-corrected chi connectivity index (χ0v) is 17.2. The van der Waals surface area contributed by atoms with E-state index >= 15 is 0 Å². The minimum absolute atomic E-state index is 0.238. The summed E-state index contributed by atoms with van der Waals surface area (Å²) < 4.78 is 5.28. The Balaban J connectivity index is 2.20. The van der Waals surface area contributed by atoms with Crippen LogP contribution < -0.4 is 5.32 Å². The number of amides is 1. The lowest BCUT2D eigenvalue weighted by Crippen LogP contribution is -2.15. The first kappa shape index (κ1) is 20.5. The Labute approximate surface area is 166 Å². The SMILES string of the molecule is Cc1sc(NC(=O)/C=C/c2ccc(Cl)cc2Cl)c(C(=O)OC(C)C)c1C. The van der Waals surface area contributed by atoms with Crippen LogP contribution in [-0.2, 0) is 9.53 Å². The highest BCUT2D eigenvalue weighted by Gasteiger charge is 2.22. The second kappa shape index (κ2) is 8.71. The van der Waals surface area contributed by atoms with Gasteiger partial charge in [-0.2, -0.15) is 0 Å². The Hall–Kier alpha value is -1.82. The van der Waals surface area contributed by atoms with Gasteiger partial charge in [0.1, 0.15) is 5.00 Å². The van der Waals surface area contributed by atoms with E-state index in [1.807, 2.05) is 13.8 Å². The molecule has 0 radical (unpaired) electrons. The van der Waals surface area contributed by atoms with Gasteiger partial charge in [-0.15, -0.1) is 11.3 Å². The summed E-state index contributed by atoms with van der Waals surface area (Å²) in [4.78, 5) is 25.5. The molecule has 0 atom stereocenters. The van der Waals surface area contributed by atoms with Crippen LogP contribution in [0.5, 0.6) is 0 Å². The number of benzene rings is 1. The number of carbonyl (C=O) groups is 2. The van der Waals surface area contributed by atoms with Crippen molar-refractivity contribution in [1.29, 1.82) is 0 Å². The molecule has 0 bridgehead atoms. The Morgan fingerprint density at radius 2 is 1.92 bits per heavy atom. The molecule has 1 aromatic carbocycles. The van der Waals surface area contributed by atoms with Crippen LogP contribution in [0.3, 0.4) is 0 Å². The number of hydrogen-bond acceptors (Lipinski definition) is 4. The number of carbonyl (C=O) groups excluding carboxylic acids is 2. The lowest BCUT2D eigenvalue weighted by molar-refractivity contribution is -0.111. The molecule has 0 aliphatic carbocycles. The molecule has 4 nitrogen and oxygen atoms in total. The zero-order valence-electron chi connectivity index (χ0n) is 14.9. The van der Waals surface area contributed by atoms with Crippen LogP contribution in [0.2, 0.25) is 10.0 Å². The number of hydrogen-bond donors (Lipinski definition) is 1. The van der Waals surface area contributed by atoms with Crippen molar-refractivity contribution < 1.29 is 14.3 Å². The summed E-state index contributed by atoms with van der Waals surface area (Å²) in [6.45, 7) is 7.29. The molecule has 26 heavy (non-hydrogen) atoms. The lowest BCUT2D eigenvalue weighted by atomic mass is 10.1. The maximum atomic E-state index is 12.3. The van der Waals surface area contributed by atoms with Crippen molar-refractivity contribution in [3.8, 4) is 0 Å². The van der Waals surface area contributed by atoms with Crippen molar-refractivity contribution in [2.45, 2.75) is 33.8 Å². The second-order valence-electron chi connectivity index (χ2n) is 5.93. The molecule has 0 saturated heterocycles. The number of halogens is 2. The minimum Gasteiger partial charge on any atom is -0.459 e. The fourth-order valence-electron chi connectivity index (χ4n) is 2.19. The van der Waals surface area contributed by atoms with Gasteiger partial charge in [0.25, 0.3) is 0 Å². The van der Waals surface area contributed by atoms with Crippen LogP contribution in [0.25, 0.3) is 6.08 Å². The number of nitrogens with one attached hydrogen (secondary N) is 1. The summed E-state index contributed by atoms with van der Waals surface area (Å²) in [6.07, 6.45) is 2.71. The molecule has 1 aromatic heterocycles. The van der Waals surface area contributed by atoms with Gasteiger partial charge in [0.15, 0.2) is 0 Å². The van der Waals surface area contributed by atoms with E-state index in [0.29, 0.717) is 26.2 Å². The second-order valence-corrected chi connectivity index (χ2v) is 8.00.